The number of rotatable bonds is 2. The van der Waals surface area contributed by atoms with Gasteiger partial charge in [0.25, 0.3) is 5.82 Å². The SMILES string of the molecule is Cc1cc(Cl)c(-n2nc(C(F)(F)F)nc2N(C)C)cc1S. The Morgan fingerprint density at radius 2 is 1.90 bits per heavy atom. The normalized spacial score (nSPS) is 11.8. The zero-order valence-corrected chi connectivity index (χ0v) is 13.1. The van der Waals surface area contributed by atoms with Crippen molar-refractivity contribution in [3.63, 3.8) is 0 Å². The molecule has 2 aromatic rings. The van der Waals surface area contributed by atoms with Gasteiger partial charge in [-0.25, -0.2) is 0 Å². The third-order valence-electron chi connectivity index (χ3n) is 2.74. The highest BCUT2D eigenvalue weighted by Crippen LogP contribution is 2.32. The number of aryl methyl sites for hydroxylation is 1. The number of hydrogen-bond donors (Lipinski definition) is 1. The third kappa shape index (κ3) is 3.11. The average Bonchev–Trinajstić information content (AvgIpc) is 2.78. The standard InChI is InChI=1S/C12H12ClF3N4S/c1-6-4-7(13)8(5-9(6)21)20-11(19(2)3)17-10(18-20)12(14,15)16/h4-5,21H,1-3H3. The molecule has 114 valence electrons. The molecule has 0 radical (unpaired) electrons. The first kappa shape index (κ1) is 16.0. The smallest absolute Gasteiger partial charge is 0.347 e. The Kier molecular flexibility index (Phi) is 4.12. The average molecular weight is 337 g/mol. The highest BCUT2D eigenvalue weighted by molar-refractivity contribution is 7.80. The molecule has 1 heterocycles. The summed E-state index contributed by atoms with van der Waals surface area (Å²) in [6, 6.07) is 3.18. The second kappa shape index (κ2) is 5.42. The lowest BCUT2D eigenvalue weighted by Crippen LogP contribution is -2.15. The predicted octanol–water partition coefficient (Wildman–Crippen LogP) is 3.60. The van der Waals surface area contributed by atoms with Gasteiger partial charge in [0.05, 0.1) is 10.7 Å². The van der Waals surface area contributed by atoms with Crippen LogP contribution in [0, 0.1) is 6.92 Å². The van der Waals surface area contributed by atoms with E-state index in [4.69, 9.17) is 11.6 Å². The molecule has 0 N–H and O–H groups in total. The lowest BCUT2D eigenvalue weighted by molar-refractivity contribution is -0.144. The number of hydrogen-bond acceptors (Lipinski definition) is 4. The molecular formula is C12H12ClF3N4S. The van der Waals surface area contributed by atoms with Gasteiger partial charge < -0.3 is 4.90 Å². The summed E-state index contributed by atoms with van der Waals surface area (Å²) < 4.78 is 39.5. The summed E-state index contributed by atoms with van der Waals surface area (Å²) in [6.45, 7) is 1.80. The molecule has 4 nitrogen and oxygen atoms in total. The van der Waals surface area contributed by atoms with Gasteiger partial charge in [-0.1, -0.05) is 11.6 Å². The number of nitrogens with zero attached hydrogens (tertiary/aromatic N) is 4. The molecule has 0 aliphatic rings. The maximum absolute atomic E-state index is 12.8. The number of thiol groups is 1. The highest BCUT2D eigenvalue weighted by atomic mass is 35.5. The molecule has 0 saturated heterocycles. The Morgan fingerprint density at radius 1 is 1.29 bits per heavy atom. The predicted molar refractivity (Wildman–Crippen MR) is 77.7 cm³/mol. The summed E-state index contributed by atoms with van der Waals surface area (Å²) in [5, 5.41) is 3.80. The van der Waals surface area contributed by atoms with Crippen molar-refractivity contribution in [2.45, 2.75) is 18.0 Å². The topological polar surface area (TPSA) is 34.0 Å². The quantitative estimate of drug-likeness (QED) is 0.851. The molecule has 0 saturated carbocycles. The van der Waals surface area contributed by atoms with E-state index in [0.717, 1.165) is 10.2 Å². The van der Waals surface area contributed by atoms with Gasteiger partial charge in [0.1, 0.15) is 0 Å². The fourth-order valence-corrected chi connectivity index (χ4v) is 2.17. The molecule has 1 aromatic heterocycles. The molecule has 1 aromatic carbocycles. The van der Waals surface area contributed by atoms with Crippen LogP contribution in [0.5, 0.6) is 0 Å². The van der Waals surface area contributed by atoms with Crippen molar-refractivity contribution in [3.8, 4) is 5.69 Å². The van der Waals surface area contributed by atoms with E-state index in [-0.39, 0.29) is 11.0 Å². The zero-order valence-electron chi connectivity index (χ0n) is 11.4. The number of aromatic nitrogens is 3. The van der Waals surface area contributed by atoms with E-state index in [9.17, 15) is 13.2 Å². The molecule has 0 aliphatic carbocycles. The summed E-state index contributed by atoms with van der Waals surface area (Å²) in [4.78, 5) is 5.55. The van der Waals surface area contributed by atoms with Gasteiger partial charge in [0, 0.05) is 19.0 Å². The van der Waals surface area contributed by atoms with Crippen LogP contribution < -0.4 is 4.90 Å². The third-order valence-corrected chi connectivity index (χ3v) is 3.52. The van der Waals surface area contributed by atoms with Crippen molar-refractivity contribution >= 4 is 30.2 Å². The highest BCUT2D eigenvalue weighted by Gasteiger charge is 2.37. The van der Waals surface area contributed by atoms with Crippen molar-refractivity contribution in [1.82, 2.24) is 14.8 Å². The summed E-state index contributed by atoms with van der Waals surface area (Å²) in [7, 11) is 3.15. The van der Waals surface area contributed by atoms with Crippen molar-refractivity contribution < 1.29 is 13.2 Å². The first-order valence-corrected chi connectivity index (χ1v) is 6.65. The van der Waals surface area contributed by atoms with E-state index in [2.05, 4.69) is 22.7 Å². The van der Waals surface area contributed by atoms with E-state index < -0.39 is 12.0 Å². The monoisotopic (exact) mass is 336 g/mol. The van der Waals surface area contributed by atoms with Crippen LogP contribution in [-0.2, 0) is 6.18 Å². The number of alkyl halides is 3. The Labute approximate surface area is 129 Å². The molecule has 9 heteroatoms. The largest absolute Gasteiger partial charge is 0.453 e. The Balaban J connectivity index is 2.68. The van der Waals surface area contributed by atoms with Gasteiger partial charge in [-0.2, -0.15) is 22.8 Å². The minimum absolute atomic E-state index is 0.0285. The Hall–Kier alpha value is -1.41. The summed E-state index contributed by atoms with van der Waals surface area (Å²) in [6.07, 6.45) is -4.63. The van der Waals surface area contributed by atoms with Crippen LogP contribution >= 0.6 is 24.2 Å². The van der Waals surface area contributed by atoms with Gasteiger partial charge in [-0.15, -0.1) is 17.7 Å². The van der Waals surface area contributed by atoms with E-state index in [1.807, 2.05) is 0 Å². The molecule has 0 spiro atoms. The van der Waals surface area contributed by atoms with E-state index >= 15 is 0 Å². The van der Waals surface area contributed by atoms with Gasteiger partial charge >= 0.3 is 6.18 Å². The maximum Gasteiger partial charge on any atom is 0.453 e. The zero-order chi connectivity index (χ0) is 15.9. The van der Waals surface area contributed by atoms with Crippen LogP contribution in [0.3, 0.4) is 0 Å². The molecule has 21 heavy (non-hydrogen) atoms. The fourth-order valence-electron chi connectivity index (χ4n) is 1.69. The number of halogens is 4. The van der Waals surface area contributed by atoms with E-state index in [1.54, 1.807) is 33.2 Å². The lowest BCUT2D eigenvalue weighted by Gasteiger charge is -2.14. The van der Waals surface area contributed by atoms with Gasteiger partial charge in [0.2, 0.25) is 5.95 Å². The van der Waals surface area contributed by atoms with Crippen LogP contribution in [0.15, 0.2) is 17.0 Å². The van der Waals surface area contributed by atoms with Gasteiger partial charge in [0.15, 0.2) is 0 Å². The van der Waals surface area contributed by atoms with Crippen molar-refractivity contribution in [2.75, 3.05) is 19.0 Å². The lowest BCUT2D eigenvalue weighted by atomic mass is 10.2. The Morgan fingerprint density at radius 3 is 2.43 bits per heavy atom. The first-order valence-electron chi connectivity index (χ1n) is 5.82. The van der Waals surface area contributed by atoms with Crippen LogP contribution in [0.2, 0.25) is 5.02 Å². The molecular weight excluding hydrogens is 325 g/mol. The Bertz CT molecular complexity index is 682. The molecule has 0 aliphatic heterocycles. The number of anilines is 1. The van der Waals surface area contributed by atoms with E-state index in [0.29, 0.717) is 10.6 Å². The van der Waals surface area contributed by atoms with Crippen molar-refractivity contribution in [3.05, 3.63) is 28.5 Å². The molecule has 0 atom stereocenters. The fraction of sp³-hybridized carbons (Fsp3) is 0.333. The summed E-state index contributed by atoms with van der Waals surface area (Å²) in [5.41, 5.74) is 1.11. The van der Waals surface area contributed by atoms with E-state index in [1.165, 1.54) is 4.90 Å². The summed E-state index contributed by atoms with van der Waals surface area (Å²) in [5.74, 6) is -1.19. The first-order chi connectivity index (χ1) is 9.61. The van der Waals surface area contributed by atoms with Gasteiger partial charge in [-0.3, -0.25) is 0 Å². The molecule has 0 unspecified atom stereocenters. The van der Waals surface area contributed by atoms with Crippen LogP contribution in [0.25, 0.3) is 5.69 Å². The minimum atomic E-state index is -4.63. The minimum Gasteiger partial charge on any atom is -0.347 e. The second-order valence-electron chi connectivity index (χ2n) is 4.63. The molecule has 0 amide bonds. The van der Waals surface area contributed by atoms with Crippen LogP contribution in [-0.4, -0.2) is 28.9 Å². The summed E-state index contributed by atoms with van der Waals surface area (Å²) >= 11 is 10.4. The maximum atomic E-state index is 12.8. The second-order valence-corrected chi connectivity index (χ2v) is 5.52. The van der Waals surface area contributed by atoms with Crippen molar-refractivity contribution in [1.29, 1.82) is 0 Å². The van der Waals surface area contributed by atoms with Crippen LogP contribution in [0.4, 0.5) is 19.1 Å². The molecule has 0 bridgehead atoms. The van der Waals surface area contributed by atoms with Gasteiger partial charge in [-0.05, 0) is 24.6 Å². The molecule has 2 rings (SSSR count). The molecule has 0 fully saturated rings. The van der Waals surface area contributed by atoms with Crippen LogP contribution in [0.1, 0.15) is 11.4 Å². The number of benzene rings is 1. The van der Waals surface area contributed by atoms with Crippen molar-refractivity contribution in [2.24, 2.45) is 0 Å².